The molecule has 1 aliphatic rings. The van der Waals surface area contributed by atoms with E-state index in [-0.39, 0.29) is 18.9 Å². The van der Waals surface area contributed by atoms with Gasteiger partial charge >= 0.3 is 6.03 Å². The highest BCUT2D eigenvalue weighted by molar-refractivity contribution is 6.07. The molecule has 1 aliphatic heterocycles. The van der Waals surface area contributed by atoms with Crippen LogP contribution in [0.1, 0.15) is 18.1 Å². The number of para-hydroxylation sites is 1. The molecule has 1 saturated heterocycles. The van der Waals surface area contributed by atoms with Crippen LogP contribution in [0.15, 0.2) is 48.5 Å². The molecule has 0 aliphatic carbocycles. The summed E-state index contributed by atoms with van der Waals surface area (Å²) in [6.45, 7) is 1.53. The molecule has 1 heterocycles. The van der Waals surface area contributed by atoms with E-state index in [4.69, 9.17) is 10.00 Å². The lowest BCUT2D eigenvalue weighted by Crippen LogP contribution is -2.41. The number of imide groups is 1. The Hall–Kier alpha value is -3.40. The summed E-state index contributed by atoms with van der Waals surface area (Å²) >= 11 is 0. The van der Waals surface area contributed by atoms with Crippen molar-refractivity contribution in [2.75, 3.05) is 13.2 Å². The number of halogens is 1. The molecule has 1 fully saturated rings. The second kappa shape index (κ2) is 6.84. The van der Waals surface area contributed by atoms with Crippen LogP contribution in [0.4, 0.5) is 9.18 Å². The molecule has 3 amide bonds. The average Bonchev–Trinajstić information content (AvgIpc) is 2.87. The zero-order valence-electron chi connectivity index (χ0n) is 14.0. The van der Waals surface area contributed by atoms with Crippen molar-refractivity contribution in [3.05, 3.63) is 65.5 Å². The molecule has 0 saturated carbocycles. The van der Waals surface area contributed by atoms with Crippen LogP contribution in [0.2, 0.25) is 0 Å². The predicted octanol–water partition coefficient (Wildman–Crippen LogP) is 2.54. The van der Waals surface area contributed by atoms with E-state index < -0.39 is 23.3 Å². The zero-order valence-corrected chi connectivity index (χ0v) is 14.0. The summed E-state index contributed by atoms with van der Waals surface area (Å²) in [4.78, 5) is 26.0. The molecule has 7 heteroatoms. The van der Waals surface area contributed by atoms with Crippen molar-refractivity contribution in [2.24, 2.45) is 0 Å². The van der Waals surface area contributed by atoms with Crippen LogP contribution in [0, 0.1) is 17.1 Å². The first-order valence-corrected chi connectivity index (χ1v) is 7.98. The van der Waals surface area contributed by atoms with Crippen molar-refractivity contribution in [1.82, 2.24) is 10.2 Å². The summed E-state index contributed by atoms with van der Waals surface area (Å²) in [5, 5.41) is 11.7. The maximum Gasteiger partial charge on any atom is 0.325 e. The number of nitrogens with zero attached hydrogens (tertiary/aromatic N) is 2. The Morgan fingerprint density at radius 1 is 1.23 bits per heavy atom. The minimum Gasteiger partial charge on any atom is -0.489 e. The largest absolute Gasteiger partial charge is 0.489 e. The van der Waals surface area contributed by atoms with Crippen molar-refractivity contribution in [2.45, 2.75) is 12.5 Å². The van der Waals surface area contributed by atoms with Gasteiger partial charge in [0.2, 0.25) is 0 Å². The number of ether oxygens (including phenoxy) is 1. The second-order valence-corrected chi connectivity index (χ2v) is 5.98. The van der Waals surface area contributed by atoms with Crippen molar-refractivity contribution >= 4 is 11.9 Å². The van der Waals surface area contributed by atoms with Gasteiger partial charge in [0.1, 0.15) is 12.1 Å². The second-order valence-electron chi connectivity index (χ2n) is 5.98. The number of hydrogen-bond acceptors (Lipinski definition) is 4. The maximum absolute atomic E-state index is 13.5. The van der Waals surface area contributed by atoms with Crippen molar-refractivity contribution in [1.29, 1.82) is 5.26 Å². The fourth-order valence-electron chi connectivity index (χ4n) is 2.80. The summed E-state index contributed by atoms with van der Waals surface area (Å²) in [6, 6.07) is 13.9. The summed E-state index contributed by atoms with van der Waals surface area (Å²) in [6.07, 6.45) is 0. The Balaban J connectivity index is 1.72. The first-order chi connectivity index (χ1) is 12.5. The number of carbonyl (C=O) groups excluding carboxylic acids is 2. The topological polar surface area (TPSA) is 82.4 Å². The fraction of sp³-hybridized carbons (Fsp3) is 0.211. The average molecular weight is 353 g/mol. The van der Waals surface area contributed by atoms with Gasteiger partial charge in [0.05, 0.1) is 18.2 Å². The van der Waals surface area contributed by atoms with Crippen LogP contribution >= 0.6 is 0 Å². The number of carbonyl (C=O) groups is 2. The maximum atomic E-state index is 13.5. The molecular weight excluding hydrogens is 337 g/mol. The normalized spacial score (nSPS) is 19.2. The van der Waals surface area contributed by atoms with E-state index in [2.05, 4.69) is 5.32 Å². The van der Waals surface area contributed by atoms with E-state index in [9.17, 15) is 14.0 Å². The summed E-state index contributed by atoms with van der Waals surface area (Å²) in [5.41, 5.74) is -0.346. The number of nitrogens with one attached hydrogen (secondary N) is 1. The Kier molecular flexibility index (Phi) is 4.59. The number of nitriles is 1. The highest BCUT2D eigenvalue weighted by Gasteiger charge is 2.48. The minimum absolute atomic E-state index is 0.0213. The van der Waals surface area contributed by atoms with E-state index in [1.165, 1.54) is 12.1 Å². The third-order valence-electron chi connectivity index (χ3n) is 4.25. The molecule has 0 aromatic heterocycles. The van der Waals surface area contributed by atoms with Gasteiger partial charge in [-0.15, -0.1) is 0 Å². The highest BCUT2D eigenvalue weighted by Crippen LogP contribution is 2.29. The van der Waals surface area contributed by atoms with Gasteiger partial charge in [0, 0.05) is 0 Å². The number of urea groups is 1. The highest BCUT2D eigenvalue weighted by atomic mass is 19.1. The van der Waals surface area contributed by atoms with Crippen molar-refractivity contribution in [3.8, 4) is 11.8 Å². The summed E-state index contributed by atoms with van der Waals surface area (Å²) in [5.74, 6) is -0.901. The molecule has 0 spiro atoms. The van der Waals surface area contributed by atoms with Gasteiger partial charge in [-0.05, 0) is 36.8 Å². The molecule has 0 radical (unpaired) electrons. The van der Waals surface area contributed by atoms with E-state index in [1.807, 2.05) is 6.07 Å². The van der Waals surface area contributed by atoms with Gasteiger partial charge in [0.15, 0.2) is 11.6 Å². The molecule has 0 unspecified atom stereocenters. The van der Waals surface area contributed by atoms with Crippen LogP contribution in [-0.2, 0) is 10.3 Å². The molecule has 2 aromatic rings. The first-order valence-electron chi connectivity index (χ1n) is 7.98. The quantitative estimate of drug-likeness (QED) is 0.838. The minimum atomic E-state index is -1.26. The Morgan fingerprint density at radius 3 is 2.73 bits per heavy atom. The lowest BCUT2D eigenvalue weighted by molar-refractivity contribution is -0.131. The summed E-state index contributed by atoms with van der Waals surface area (Å²) < 4.78 is 18.9. The third kappa shape index (κ3) is 3.09. The molecule has 0 bridgehead atoms. The number of rotatable bonds is 5. The van der Waals surface area contributed by atoms with Crippen LogP contribution in [0.5, 0.6) is 5.75 Å². The summed E-state index contributed by atoms with van der Waals surface area (Å²) in [7, 11) is 0. The van der Waals surface area contributed by atoms with Gasteiger partial charge in [-0.3, -0.25) is 9.69 Å². The molecule has 26 heavy (non-hydrogen) atoms. The van der Waals surface area contributed by atoms with Crippen LogP contribution in [0.3, 0.4) is 0 Å². The zero-order chi connectivity index (χ0) is 18.7. The number of amides is 3. The molecule has 3 rings (SSSR count). The standard InChI is InChI=1S/C19H16FN3O3/c1-19(14-6-4-5-13(11-14)12-21)17(24)23(18(25)22-19)9-10-26-16-8-3-2-7-15(16)20/h2-8,11H,9-10H2,1H3,(H,22,25)/t19-/m1/s1. The Bertz CT molecular complexity index is 909. The van der Waals surface area contributed by atoms with Crippen LogP contribution in [-0.4, -0.2) is 30.0 Å². The fourth-order valence-corrected chi connectivity index (χ4v) is 2.80. The molecule has 1 N–H and O–H groups in total. The first kappa shape index (κ1) is 17.4. The van der Waals surface area contributed by atoms with E-state index in [0.29, 0.717) is 11.1 Å². The number of benzene rings is 2. The van der Waals surface area contributed by atoms with Crippen LogP contribution < -0.4 is 10.1 Å². The van der Waals surface area contributed by atoms with E-state index in [1.54, 1.807) is 43.3 Å². The molecular formula is C19H16FN3O3. The lowest BCUT2D eigenvalue weighted by Gasteiger charge is -2.22. The predicted molar refractivity (Wildman–Crippen MR) is 90.6 cm³/mol. The van der Waals surface area contributed by atoms with Gasteiger partial charge in [-0.1, -0.05) is 24.3 Å². The van der Waals surface area contributed by atoms with Crippen molar-refractivity contribution in [3.63, 3.8) is 0 Å². The molecule has 132 valence electrons. The molecule has 2 aromatic carbocycles. The Labute approximate surface area is 149 Å². The van der Waals surface area contributed by atoms with Crippen molar-refractivity contribution < 1.29 is 18.7 Å². The van der Waals surface area contributed by atoms with Gasteiger partial charge in [-0.2, -0.15) is 5.26 Å². The smallest absolute Gasteiger partial charge is 0.325 e. The van der Waals surface area contributed by atoms with Crippen LogP contribution in [0.25, 0.3) is 0 Å². The van der Waals surface area contributed by atoms with Gasteiger partial charge in [-0.25, -0.2) is 9.18 Å². The Morgan fingerprint density at radius 2 is 2.00 bits per heavy atom. The molecule has 1 atom stereocenters. The third-order valence-corrected chi connectivity index (χ3v) is 4.25. The van der Waals surface area contributed by atoms with Gasteiger partial charge < -0.3 is 10.1 Å². The van der Waals surface area contributed by atoms with E-state index in [0.717, 1.165) is 4.90 Å². The number of hydrogen-bond donors (Lipinski definition) is 1. The SMILES string of the molecule is C[C@]1(c2cccc(C#N)c2)NC(=O)N(CCOc2ccccc2F)C1=O. The van der Waals surface area contributed by atoms with Gasteiger partial charge in [0.25, 0.3) is 5.91 Å². The monoisotopic (exact) mass is 353 g/mol. The molecule has 6 nitrogen and oxygen atoms in total. The lowest BCUT2D eigenvalue weighted by atomic mass is 9.91. The van der Waals surface area contributed by atoms with E-state index >= 15 is 0 Å².